The van der Waals surface area contributed by atoms with Crippen molar-refractivity contribution in [3.05, 3.63) is 42.7 Å². The number of carbonyl (C=O) groups excluding carboxylic acids is 1. The van der Waals surface area contributed by atoms with Crippen LogP contribution in [-0.4, -0.2) is 56.7 Å². The number of nitrogens with zero attached hydrogens (tertiary/aromatic N) is 2. The van der Waals surface area contributed by atoms with E-state index in [-0.39, 0.29) is 11.8 Å². The minimum Gasteiger partial charge on any atom is -0.367 e. The third-order valence-electron chi connectivity index (χ3n) is 3.69. The van der Waals surface area contributed by atoms with Crippen LogP contribution >= 0.6 is 0 Å². The molecule has 0 radical (unpaired) electrons. The number of hydrogen-bond acceptors (Lipinski definition) is 3. The Labute approximate surface area is 130 Å². The fraction of sp³-hybridized carbons (Fsp3) is 0.438. The molecule has 0 aromatic heterocycles. The fourth-order valence-electron chi connectivity index (χ4n) is 2.48. The Balaban J connectivity index is 1.68. The van der Waals surface area contributed by atoms with E-state index in [9.17, 15) is 9.18 Å². The van der Waals surface area contributed by atoms with Gasteiger partial charge in [0, 0.05) is 45.8 Å². The van der Waals surface area contributed by atoms with Crippen molar-refractivity contribution in [2.75, 3.05) is 50.7 Å². The van der Waals surface area contributed by atoms with Gasteiger partial charge in [0.2, 0.25) is 0 Å². The van der Waals surface area contributed by atoms with E-state index in [2.05, 4.69) is 27.0 Å². The van der Waals surface area contributed by atoms with Gasteiger partial charge in [-0.1, -0.05) is 18.2 Å². The topological polar surface area (TPSA) is 47.6 Å². The number of nitrogens with one attached hydrogen (secondary N) is 2. The predicted molar refractivity (Wildman–Crippen MR) is 86.7 cm³/mol. The average molecular weight is 306 g/mol. The van der Waals surface area contributed by atoms with Crippen molar-refractivity contribution in [1.82, 2.24) is 15.5 Å². The van der Waals surface area contributed by atoms with Gasteiger partial charge in [-0.15, -0.1) is 6.58 Å². The standard InChI is InChI=1S/C16H23FN4O/c1-2-7-18-16(22)19-8-9-20-10-12-21(13-11-20)15-6-4-3-5-14(15)17/h2-6H,1,7-13H2,(H2,18,19,22). The summed E-state index contributed by atoms with van der Waals surface area (Å²) in [6.45, 7) is 8.73. The zero-order valence-corrected chi connectivity index (χ0v) is 12.7. The Bertz CT molecular complexity index is 501. The Hall–Kier alpha value is -2.08. The number of amides is 2. The second-order valence-corrected chi connectivity index (χ2v) is 5.21. The Morgan fingerprint density at radius 1 is 1.23 bits per heavy atom. The molecule has 1 aromatic carbocycles. The van der Waals surface area contributed by atoms with Crippen LogP contribution in [-0.2, 0) is 0 Å². The van der Waals surface area contributed by atoms with E-state index in [4.69, 9.17) is 0 Å². The Morgan fingerprint density at radius 2 is 1.95 bits per heavy atom. The van der Waals surface area contributed by atoms with Crippen LogP contribution in [0, 0.1) is 5.82 Å². The van der Waals surface area contributed by atoms with Gasteiger partial charge >= 0.3 is 6.03 Å². The summed E-state index contributed by atoms with van der Waals surface area (Å²) >= 11 is 0. The lowest BCUT2D eigenvalue weighted by atomic mass is 10.2. The third kappa shape index (κ3) is 4.73. The first kappa shape index (κ1) is 16.3. The molecule has 1 aliphatic rings. The molecule has 120 valence electrons. The van der Waals surface area contributed by atoms with Crippen molar-refractivity contribution in [2.24, 2.45) is 0 Å². The fourth-order valence-corrected chi connectivity index (χ4v) is 2.48. The number of urea groups is 1. The zero-order chi connectivity index (χ0) is 15.8. The number of piperazine rings is 1. The summed E-state index contributed by atoms with van der Waals surface area (Å²) in [5.41, 5.74) is 0.670. The first-order chi connectivity index (χ1) is 10.7. The smallest absolute Gasteiger partial charge is 0.315 e. The van der Waals surface area contributed by atoms with E-state index < -0.39 is 0 Å². The van der Waals surface area contributed by atoms with Crippen LogP contribution < -0.4 is 15.5 Å². The molecule has 1 heterocycles. The van der Waals surface area contributed by atoms with E-state index in [0.29, 0.717) is 18.8 Å². The highest BCUT2D eigenvalue weighted by Gasteiger charge is 2.18. The van der Waals surface area contributed by atoms with Gasteiger partial charge < -0.3 is 15.5 Å². The highest BCUT2D eigenvalue weighted by Crippen LogP contribution is 2.19. The van der Waals surface area contributed by atoms with Crippen molar-refractivity contribution >= 4 is 11.7 Å². The van der Waals surface area contributed by atoms with Crippen LogP contribution in [0.5, 0.6) is 0 Å². The largest absolute Gasteiger partial charge is 0.367 e. The van der Waals surface area contributed by atoms with Crippen molar-refractivity contribution in [2.45, 2.75) is 0 Å². The minimum atomic E-state index is -0.176. The molecule has 5 nitrogen and oxygen atoms in total. The molecule has 0 spiro atoms. The van der Waals surface area contributed by atoms with Gasteiger partial charge in [-0.25, -0.2) is 9.18 Å². The number of benzene rings is 1. The first-order valence-electron chi connectivity index (χ1n) is 7.55. The normalized spacial score (nSPS) is 15.4. The van der Waals surface area contributed by atoms with E-state index in [1.165, 1.54) is 6.07 Å². The molecular formula is C16H23FN4O. The maximum Gasteiger partial charge on any atom is 0.315 e. The Morgan fingerprint density at radius 3 is 2.64 bits per heavy atom. The van der Waals surface area contributed by atoms with Gasteiger partial charge in [-0.05, 0) is 12.1 Å². The average Bonchev–Trinajstić information content (AvgIpc) is 2.54. The van der Waals surface area contributed by atoms with Gasteiger partial charge in [0.05, 0.1) is 5.69 Å². The Kier molecular flexibility index (Phi) is 6.21. The van der Waals surface area contributed by atoms with Gasteiger partial charge in [0.15, 0.2) is 0 Å². The first-order valence-corrected chi connectivity index (χ1v) is 7.55. The SMILES string of the molecule is C=CCNC(=O)NCCN1CCN(c2ccccc2F)CC1. The molecule has 6 heteroatoms. The lowest BCUT2D eigenvalue weighted by Gasteiger charge is -2.36. The molecule has 1 aromatic rings. The van der Waals surface area contributed by atoms with Crippen molar-refractivity contribution < 1.29 is 9.18 Å². The molecule has 22 heavy (non-hydrogen) atoms. The third-order valence-corrected chi connectivity index (χ3v) is 3.69. The van der Waals surface area contributed by atoms with Gasteiger partial charge in [0.1, 0.15) is 5.82 Å². The predicted octanol–water partition coefficient (Wildman–Crippen LogP) is 1.43. The van der Waals surface area contributed by atoms with E-state index >= 15 is 0 Å². The number of anilines is 1. The molecule has 2 amide bonds. The molecule has 1 saturated heterocycles. The summed E-state index contributed by atoms with van der Waals surface area (Å²) in [5, 5.41) is 5.47. The van der Waals surface area contributed by atoms with Crippen molar-refractivity contribution in [3.63, 3.8) is 0 Å². The summed E-state index contributed by atoms with van der Waals surface area (Å²) in [4.78, 5) is 15.7. The molecule has 0 bridgehead atoms. The van der Waals surface area contributed by atoms with E-state index in [1.54, 1.807) is 12.1 Å². The lowest BCUT2D eigenvalue weighted by Crippen LogP contribution is -2.49. The monoisotopic (exact) mass is 306 g/mol. The summed E-state index contributed by atoms with van der Waals surface area (Å²) in [6, 6.07) is 6.70. The van der Waals surface area contributed by atoms with Gasteiger partial charge in [-0.2, -0.15) is 0 Å². The minimum absolute atomic E-state index is 0.170. The van der Waals surface area contributed by atoms with Gasteiger partial charge in [-0.3, -0.25) is 4.90 Å². The number of halogens is 1. The summed E-state index contributed by atoms with van der Waals surface area (Å²) in [7, 11) is 0. The number of rotatable bonds is 6. The van der Waals surface area contributed by atoms with E-state index in [1.807, 2.05) is 12.1 Å². The van der Waals surface area contributed by atoms with Gasteiger partial charge in [0.25, 0.3) is 0 Å². The lowest BCUT2D eigenvalue weighted by molar-refractivity contribution is 0.232. The molecule has 1 fully saturated rings. The van der Waals surface area contributed by atoms with Crippen molar-refractivity contribution in [3.8, 4) is 0 Å². The van der Waals surface area contributed by atoms with Crippen LogP contribution in [0.1, 0.15) is 0 Å². The summed E-state index contributed by atoms with van der Waals surface area (Å²) in [5.74, 6) is -0.170. The maximum atomic E-state index is 13.7. The number of carbonyl (C=O) groups is 1. The molecule has 2 rings (SSSR count). The summed E-state index contributed by atoms with van der Waals surface area (Å²) < 4.78 is 13.7. The quantitative estimate of drug-likeness (QED) is 0.782. The second kappa shape index (κ2) is 8.38. The molecule has 0 aliphatic carbocycles. The van der Waals surface area contributed by atoms with Crippen LogP contribution in [0.2, 0.25) is 0 Å². The maximum absolute atomic E-state index is 13.7. The van der Waals surface area contributed by atoms with Crippen LogP contribution in [0.15, 0.2) is 36.9 Å². The van der Waals surface area contributed by atoms with Crippen LogP contribution in [0.25, 0.3) is 0 Å². The molecule has 0 unspecified atom stereocenters. The van der Waals surface area contributed by atoms with E-state index in [0.717, 1.165) is 32.7 Å². The molecule has 0 atom stereocenters. The molecule has 0 saturated carbocycles. The molecular weight excluding hydrogens is 283 g/mol. The second-order valence-electron chi connectivity index (χ2n) is 5.21. The molecule has 2 N–H and O–H groups in total. The summed E-state index contributed by atoms with van der Waals surface area (Å²) in [6.07, 6.45) is 1.64. The van der Waals surface area contributed by atoms with Crippen molar-refractivity contribution in [1.29, 1.82) is 0 Å². The highest BCUT2D eigenvalue weighted by atomic mass is 19.1. The highest BCUT2D eigenvalue weighted by molar-refractivity contribution is 5.73. The molecule has 1 aliphatic heterocycles. The van der Waals surface area contributed by atoms with Crippen LogP contribution in [0.4, 0.5) is 14.9 Å². The number of para-hydroxylation sites is 1. The zero-order valence-electron chi connectivity index (χ0n) is 12.7. The number of hydrogen-bond donors (Lipinski definition) is 2. The van der Waals surface area contributed by atoms with Crippen LogP contribution in [0.3, 0.4) is 0 Å².